The van der Waals surface area contributed by atoms with Gasteiger partial charge < -0.3 is 14.5 Å². The lowest BCUT2D eigenvalue weighted by Crippen LogP contribution is -2.40. The first kappa shape index (κ1) is 15.9. The number of carbonyl (C=O) groups excluding carboxylic acids is 2. The average molecular weight is 321 g/mol. The Hall–Kier alpha value is -2.02. The Kier molecular flexibility index (Phi) is 4.85. The normalized spacial score (nSPS) is 22.0. The first-order valence-electron chi connectivity index (χ1n) is 7.91. The van der Waals surface area contributed by atoms with Gasteiger partial charge in [0.15, 0.2) is 0 Å². The van der Waals surface area contributed by atoms with Crippen LogP contribution in [0.2, 0.25) is 0 Å². The molecule has 1 atom stereocenters. The van der Waals surface area contributed by atoms with E-state index >= 15 is 0 Å². The first-order chi connectivity index (χ1) is 11.1. The van der Waals surface area contributed by atoms with E-state index in [1.165, 1.54) is 12.3 Å². The molecule has 2 fully saturated rings. The maximum atomic E-state index is 13.2. The van der Waals surface area contributed by atoms with Crippen LogP contribution < -0.4 is 0 Å². The zero-order valence-electron chi connectivity index (χ0n) is 12.9. The predicted molar refractivity (Wildman–Crippen MR) is 80.2 cm³/mol. The molecule has 0 aromatic carbocycles. The maximum Gasteiger partial charge on any atom is 0.255 e. The Morgan fingerprint density at radius 1 is 1.17 bits per heavy atom. The summed E-state index contributed by atoms with van der Waals surface area (Å²) in [5.74, 6) is -0.701. The van der Waals surface area contributed by atoms with Gasteiger partial charge in [0.1, 0.15) is 5.82 Å². The van der Waals surface area contributed by atoms with Crippen molar-refractivity contribution >= 4 is 11.8 Å². The maximum absolute atomic E-state index is 13.2. The van der Waals surface area contributed by atoms with Crippen LogP contribution in [0.3, 0.4) is 0 Å². The molecule has 3 rings (SSSR count). The SMILES string of the molecule is O=C(c1cncc(F)c1)N1CCCN(C(=O)C2CCOC2)CC1. The highest BCUT2D eigenvalue weighted by Crippen LogP contribution is 2.17. The lowest BCUT2D eigenvalue weighted by Gasteiger charge is -2.24. The van der Waals surface area contributed by atoms with Crippen molar-refractivity contribution in [1.29, 1.82) is 0 Å². The smallest absolute Gasteiger partial charge is 0.255 e. The third kappa shape index (κ3) is 3.67. The standard InChI is InChI=1S/C16H20FN3O3/c17-14-8-13(9-18-10-14)16(22)20-4-1-3-19(5-6-20)15(21)12-2-7-23-11-12/h8-10,12H,1-7,11H2. The van der Waals surface area contributed by atoms with Gasteiger partial charge >= 0.3 is 0 Å². The number of hydrogen-bond donors (Lipinski definition) is 0. The number of hydrogen-bond acceptors (Lipinski definition) is 4. The molecule has 1 aromatic rings. The third-order valence-electron chi connectivity index (χ3n) is 4.33. The van der Waals surface area contributed by atoms with E-state index in [1.54, 1.807) is 4.90 Å². The van der Waals surface area contributed by atoms with Gasteiger partial charge in [0.2, 0.25) is 5.91 Å². The van der Waals surface area contributed by atoms with Gasteiger partial charge in [0.05, 0.1) is 24.3 Å². The molecule has 3 heterocycles. The van der Waals surface area contributed by atoms with E-state index in [2.05, 4.69) is 4.98 Å². The second kappa shape index (κ2) is 7.04. The fourth-order valence-corrected chi connectivity index (χ4v) is 3.04. The molecule has 23 heavy (non-hydrogen) atoms. The van der Waals surface area contributed by atoms with Gasteiger partial charge in [-0.25, -0.2) is 4.39 Å². The van der Waals surface area contributed by atoms with E-state index in [4.69, 9.17) is 4.74 Å². The van der Waals surface area contributed by atoms with Crippen LogP contribution in [-0.4, -0.2) is 66.0 Å². The number of halogens is 1. The van der Waals surface area contributed by atoms with Crippen LogP contribution in [0.15, 0.2) is 18.5 Å². The summed E-state index contributed by atoms with van der Waals surface area (Å²) in [5, 5.41) is 0. The van der Waals surface area contributed by atoms with Crippen molar-refractivity contribution in [3.63, 3.8) is 0 Å². The second-order valence-electron chi connectivity index (χ2n) is 5.92. The number of amides is 2. The van der Waals surface area contributed by atoms with Gasteiger partial charge in [-0.05, 0) is 18.9 Å². The largest absolute Gasteiger partial charge is 0.381 e. The Morgan fingerprint density at radius 2 is 1.96 bits per heavy atom. The van der Waals surface area contributed by atoms with Crippen LogP contribution in [0.5, 0.6) is 0 Å². The van der Waals surface area contributed by atoms with E-state index in [1.807, 2.05) is 4.90 Å². The zero-order chi connectivity index (χ0) is 16.2. The molecule has 2 amide bonds. The van der Waals surface area contributed by atoms with Crippen molar-refractivity contribution in [2.24, 2.45) is 5.92 Å². The third-order valence-corrected chi connectivity index (χ3v) is 4.33. The molecule has 0 radical (unpaired) electrons. The van der Waals surface area contributed by atoms with Crippen LogP contribution >= 0.6 is 0 Å². The van der Waals surface area contributed by atoms with E-state index in [0.29, 0.717) is 45.8 Å². The summed E-state index contributed by atoms with van der Waals surface area (Å²) in [6, 6.07) is 1.19. The number of ether oxygens (including phenoxy) is 1. The van der Waals surface area contributed by atoms with E-state index in [-0.39, 0.29) is 23.3 Å². The van der Waals surface area contributed by atoms with Crippen LogP contribution in [0.25, 0.3) is 0 Å². The van der Waals surface area contributed by atoms with Crippen LogP contribution in [-0.2, 0) is 9.53 Å². The highest BCUT2D eigenvalue weighted by molar-refractivity contribution is 5.94. The monoisotopic (exact) mass is 321 g/mol. The topological polar surface area (TPSA) is 62.7 Å². The zero-order valence-corrected chi connectivity index (χ0v) is 12.9. The number of carbonyl (C=O) groups is 2. The Bertz CT molecular complexity index is 590. The molecule has 7 heteroatoms. The number of rotatable bonds is 2. The van der Waals surface area contributed by atoms with E-state index < -0.39 is 5.82 Å². The number of pyridine rings is 1. The van der Waals surface area contributed by atoms with Gasteiger partial charge in [0, 0.05) is 39.0 Å². The average Bonchev–Trinajstić information content (AvgIpc) is 2.98. The summed E-state index contributed by atoms with van der Waals surface area (Å²) in [6.07, 6.45) is 3.93. The molecule has 6 nitrogen and oxygen atoms in total. The van der Waals surface area contributed by atoms with E-state index in [9.17, 15) is 14.0 Å². The number of aromatic nitrogens is 1. The molecule has 2 saturated heterocycles. The molecule has 1 unspecified atom stereocenters. The lowest BCUT2D eigenvalue weighted by atomic mass is 10.1. The predicted octanol–water partition coefficient (Wildman–Crippen LogP) is 0.932. The molecule has 2 aliphatic heterocycles. The first-order valence-corrected chi connectivity index (χ1v) is 7.91. The van der Waals surface area contributed by atoms with Gasteiger partial charge in [-0.1, -0.05) is 0 Å². The summed E-state index contributed by atoms with van der Waals surface area (Å²) in [7, 11) is 0. The fourth-order valence-electron chi connectivity index (χ4n) is 3.04. The fraction of sp³-hybridized carbons (Fsp3) is 0.562. The van der Waals surface area contributed by atoms with Gasteiger partial charge in [-0.3, -0.25) is 14.6 Å². The van der Waals surface area contributed by atoms with Crippen molar-refractivity contribution in [3.05, 3.63) is 29.8 Å². The molecule has 0 aliphatic carbocycles. The molecular weight excluding hydrogens is 301 g/mol. The van der Waals surface area contributed by atoms with Crippen molar-refractivity contribution < 1.29 is 18.7 Å². The van der Waals surface area contributed by atoms with Crippen LogP contribution in [0.1, 0.15) is 23.2 Å². The lowest BCUT2D eigenvalue weighted by molar-refractivity contribution is -0.135. The van der Waals surface area contributed by atoms with Crippen LogP contribution in [0.4, 0.5) is 4.39 Å². The minimum atomic E-state index is -0.524. The van der Waals surface area contributed by atoms with Gasteiger partial charge in [-0.2, -0.15) is 0 Å². The highest BCUT2D eigenvalue weighted by atomic mass is 19.1. The summed E-state index contributed by atoms with van der Waals surface area (Å²) in [5.41, 5.74) is 0.244. The van der Waals surface area contributed by atoms with Crippen LogP contribution in [0, 0.1) is 11.7 Å². The molecule has 2 aliphatic rings. The molecule has 124 valence electrons. The van der Waals surface area contributed by atoms with Gasteiger partial charge in [0.25, 0.3) is 5.91 Å². The molecule has 0 spiro atoms. The quantitative estimate of drug-likeness (QED) is 0.813. The Morgan fingerprint density at radius 3 is 2.70 bits per heavy atom. The molecule has 0 saturated carbocycles. The minimum absolute atomic E-state index is 0.0512. The van der Waals surface area contributed by atoms with Crippen molar-refractivity contribution in [3.8, 4) is 0 Å². The summed E-state index contributed by atoms with van der Waals surface area (Å²) in [6.45, 7) is 3.29. The summed E-state index contributed by atoms with van der Waals surface area (Å²) >= 11 is 0. The highest BCUT2D eigenvalue weighted by Gasteiger charge is 2.30. The van der Waals surface area contributed by atoms with Gasteiger partial charge in [-0.15, -0.1) is 0 Å². The molecule has 0 bridgehead atoms. The van der Waals surface area contributed by atoms with Crippen molar-refractivity contribution in [2.75, 3.05) is 39.4 Å². The molecule has 1 aromatic heterocycles. The van der Waals surface area contributed by atoms with Crippen molar-refractivity contribution in [2.45, 2.75) is 12.8 Å². The minimum Gasteiger partial charge on any atom is -0.381 e. The molecular formula is C16H20FN3O3. The Labute approximate surface area is 134 Å². The second-order valence-corrected chi connectivity index (χ2v) is 5.92. The number of nitrogens with zero attached hydrogens (tertiary/aromatic N) is 3. The van der Waals surface area contributed by atoms with Crippen molar-refractivity contribution in [1.82, 2.24) is 14.8 Å². The van der Waals surface area contributed by atoms with E-state index in [0.717, 1.165) is 12.6 Å². The summed E-state index contributed by atoms with van der Waals surface area (Å²) in [4.78, 5) is 32.1. The summed E-state index contributed by atoms with van der Waals surface area (Å²) < 4.78 is 18.5. The Balaban J connectivity index is 1.61. The molecule has 0 N–H and O–H groups in total.